The third-order valence-electron chi connectivity index (χ3n) is 2.10. The van der Waals surface area contributed by atoms with Gasteiger partial charge in [-0.3, -0.25) is 4.79 Å². The summed E-state index contributed by atoms with van der Waals surface area (Å²) in [4.78, 5) is 22.2. The number of esters is 1. The van der Waals surface area contributed by atoms with Crippen LogP contribution in [0.4, 0.5) is 0 Å². The van der Waals surface area contributed by atoms with Gasteiger partial charge in [0, 0.05) is 26.7 Å². The number of rotatable bonds is 5. The topological polar surface area (TPSA) is 72.8 Å². The maximum absolute atomic E-state index is 11.2. The molecule has 1 atom stereocenters. The van der Waals surface area contributed by atoms with E-state index >= 15 is 0 Å². The second kappa shape index (κ2) is 5.14. The molecule has 0 unspecified atom stereocenters. The van der Waals surface area contributed by atoms with Gasteiger partial charge < -0.3 is 14.6 Å². The first-order chi connectivity index (χ1) is 7.82. The van der Waals surface area contributed by atoms with Crippen molar-refractivity contribution in [1.29, 1.82) is 0 Å². The summed E-state index contributed by atoms with van der Waals surface area (Å²) in [5.74, 6) is -1.49. The molecule has 0 aliphatic carbocycles. The van der Waals surface area contributed by atoms with Crippen LogP contribution in [0.1, 0.15) is 26.7 Å². The van der Waals surface area contributed by atoms with Crippen molar-refractivity contribution in [2.45, 2.75) is 38.6 Å². The van der Waals surface area contributed by atoms with Gasteiger partial charge in [-0.15, -0.1) is 0 Å². The molecule has 0 radical (unpaired) electrons. The molecule has 0 aromatic rings. The lowest BCUT2D eigenvalue weighted by Gasteiger charge is -2.31. The molecule has 0 amide bonds. The molecule has 5 heteroatoms. The number of aliphatic hydroxyl groups excluding tert-OH is 1. The van der Waals surface area contributed by atoms with E-state index < -0.39 is 17.9 Å². The molecule has 0 fully saturated rings. The van der Waals surface area contributed by atoms with E-state index in [2.05, 4.69) is 6.58 Å². The Morgan fingerprint density at radius 1 is 1.59 bits per heavy atom. The van der Waals surface area contributed by atoms with Crippen LogP contribution in [0.3, 0.4) is 0 Å². The van der Waals surface area contributed by atoms with Gasteiger partial charge in [-0.25, -0.2) is 4.79 Å². The van der Waals surface area contributed by atoms with Crippen molar-refractivity contribution in [2.75, 3.05) is 0 Å². The summed E-state index contributed by atoms with van der Waals surface area (Å²) >= 11 is 0. The maximum atomic E-state index is 11.2. The van der Waals surface area contributed by atoms with Gasteiger partial charge in [0.25, 0.3) is 0 Å². The Labute approximate surface area is 99.7 Å². The van der Waals surface area contributed by atoms with Gasteiger partial charge in [0.2, 0.25) is 5.79 Å². The highest BCUT2D eigenvalue weighted by Gasteiger charge is 2.30. The first-order valence-corrected chi connectivity index (χ1v) is 5.28. The second-order valence-electron chi connectivity index (χ2n) is 4.27. The molecule has 0 bridgehead atoms. The third-order valence-corrected chi connectivity index (χ3v) is 2.10. The van der Waals surface area contributed by atoms with Gasteiger partial charge in [-0.05, 0) is 6.08 Å². The largest absolute Gasteiger partial charge is 0.457 e. The molecule has 1 aliphatic rings. The number of aliphatic hydroxyl groups is 1. The van der Waals surface area contributed by atoms with Gasteiger partial charge in [0.15, 0.2) is 5.78 Å². The van der Waals surface area contributed by atoms with Gasteiger partial charge in [-0.2, -0.15) is 0 Å². The zero-order valence-electron chi connectivity index (χ0n) is 9.93. The highest BCUT2D eigenvalue weighted by molar-refractivity contribution is 5.89. The molecule has 0 aromatic heterocycles. The molecule has 0 aromatic carbocycles. The Morgan fingerprint density at radius 3 is 2.76 bits per heavy atom. The van der Waals surface area contributed by atoms with Crippen LogP contribution < -0.4 is 0 Å². The van der Waals surface area contributed by atoms with Crippen molar-refractivity contribution >= 4 is 11.8 Å². The van der Waals surface area contributed by atoms with Crippen LogP contribution in [0.15, 0.2) is 24.5 Å². The van der Waals surface area contributed by atoms with E-state index in [0.717, 1.165) is 6.08 Å². The Morgan fingerprint density at radius 2 is 2.24 bits per heavy atom. The van der Waals surface area contributed by atoms with Crippen molar-refractivity contribution < 1.29 is 24.2 Å². The Balaban J connectivity index is 2.59. The minimum absolute atomic E-state index is 0.0420. The first kappa shape index (κ1) is 13.4. The van der Waals surface area contributed by atoms with E-state index in [1.165, 1.54) is 6.08 Å². The highest BCUT2D eigenvalue weighted by atomic mass is 16.7. The lowest BCUT2D eigenvalue weighted by Crippen LogP contribution is -2.35. The predicted molar refractivity (Wildman–Crippen MR) is 59.8 cm³/mol. The van der Waals surface area contributed by atoms with E-state index in [0.29, 0.717) is 5.76 Å². The van der Waals surface area contributed by atoms with Crippen LogP contribution >= 0.6 is 0 Å². The summed E-state index contributed by atoms with van der Waals surface area (Å²) in [5.41, 5.74) is 0. The molecule has 17 heavy (non-hydrogen) atoms. The number of hydrogen-bond acceptors (Lipinski definition) is 5. The molecular formula is C12H16O5. The van der Waals surface area contributed by atoms with Crippen molar-refractivity contribution in [1.82, 2.24) is 0 Å². The number of hydrogen-bond donors (Lipinski definition) is 1. The number of allylic oxidation sites excluding steroid dienone is 1. The fourth-order valence-corrected chi connectivity index (χ4v) is 1.49. The molecule has 94 valence electrons. The number of ketones is 1. The highest BCUT2D eigenvalue weighted by Crippen LogP contribution is 2.25. The first-order valence-electron chi connectivity index (χ1n) is 5.28. The van der Waals surface area contributed by atoms with Gasteiger partial charge in [0.1, 0.15) is 5.76 Å². The molecule has 1 rings (SSSR count). The number of ether oxygens (including phenoxy) is 2. The quantitative estimate of drug-likeness (QED) is 0.575. The predicted octanol–water partition coefficient (Wildman–Crippen LogP) is 1.08. The second-order valence-corrected chi connectivity index (χ2v) is 4.27. The van der Waals surface area contributed by atoms with E-state index in [-0.39, 0.29) is 18.6 Å². The average Bonchev–Trinajstić information content (AvgIpc) is 2.13. The number of cyclic esters (lactones) is 1. The van der Waals surface area contributed by atoms with Crippen molar-refractivity contribution in [3.05, 3.63) is 24.5 Å². The summed E-state index contributed by atoms with van der Waals surface area (Å²) in [5, 5.41) is 9.62. The molecule has 5 nitrogen and oxygen atoms in total. The fourth-order valence-electron chi connectivity index (χ4n) is 1.49. The zero-order chi connectivity index (χ0) is 13.1. The molecule has 1 heterocycles. The Hall–Kier alpha value is -1.62. The number of carbonyl (C=O) groups excluding carboxylic acids is 2. The van der Waals surface area contributed by atoms with E-state index in [1.807, 2.05) is 0 Å². The van der Waals surface area contributed by atoms with E-state index in [4.69, 9.17) is 9.47 Å². The Bertz CT molecular complexity index is 367. The van der Waals surface area contributed by atoms with E-state index in [9.17, 15) is 14.7 Å². The van der Waals surface area contributed by atoms with Crippen molar-refractivity contribution in [2.24, 2.45) is 0 Å². The van der Waals surface area contributed by atoms with Crippen LogP contribution in [0.25, 0.3) is 0 Å². The summed E-state index contributed by atoms with van der Waals surface area (Å²) < 4.78 is 10.2. The summed E-state index contributed by atoms with van der Waals surface area (Å²) in [6, 6.07) is 0. The smallest absolute Gasteiger partial charge is 0.337 e. The third kappa shape index (κ3) is 4.40. The average molecular weight is 240 g/mol. The summed E-state index contributed by atoms with van der Waals surface area (Å²) in [7, 11) is 0. The molecular weight excluding hydrogens is 224 g/mol. The minimum Gasteiger partial charge on any atom is -0.457 e. The Kier molecular flexibility index (Phi) is 4.07. The molecule has 0 saturated carbocycles. The van der Waals surface area contributed by atoms with Crippen LogP contribution in [-0.4, -0.2) is 28.8 Å². The SMILES string of the molecule is C=CC(=O)C[C@@H](O)CC1=CC(=O)OC(C)(C)O1. The summed E-state index contributed by atoms with van der Waals surface area (Å²) in [6.07, 6.45) is 1.48. The van der Waals surface area contributed by atoms with Gasteiger partial charge >= 0.3 is 5.97 Å². The van der Waals surface area contributed by atoms with Crippen LogP contribution in [0.5, 0.6) is 0 Å². The fraction of sp³-hybridized carbons (Fsp3) is 0.500. The van der Waals surface area contributed by atoms with Crippen molar-refractivity contribution in [3.63, 3.8) is 0 Å². The van der Waals surface area contributed by atoms with Gasteiger partial charge in [0.05, 0.1) is 12.2 Å². The monoisotopic (exact) mass is 240 g/mol. The van der Waals surface area contributed by atoms with Gasteiger partial charge in [-0.1, -0.05) is 6.58 Å². The molecule has 1 N–H and O–H groups in total. The standard InChI is InChI=1S/C12H16O5/c1-4-8(13)5-9(14)6-10-7-11(15)17-12(2,3)16-10/h4,7,9,14H,1,5-6H2,2-3H3/t9-/m1/s1. The minimum atomic E-state index is -1.04. The zero-order valence-corrected chi connectivity index (χ0v) is 9.93. The molecule has 0 saturated heterocycles. The normalized spacial score (nSPS) is 19.7. The lowest BCUT2D eigenvalue weighted by atomic mass is 10.1. The molecule has 0 spiro atoms. The lowest BCUT2D eigenvalue weighted by molar-refractivity contribution is -0.206. The van der Waals surface area contributed by atoms with E-state index in [1.54, 1.807) is 13.8 Å². The van der Waals surface area contributed by atoms with Crippen LogP contribution in [0, 0.1) is 0 Å². The van der Waals surface area contributed by atoms with Crippen LogP contribution in [0.2, 0.25) is 0 Å². The van der Waals surface area contributed by atoms with Crippen LogP contribution in [-0.2, 0) is 19.1 Å². The van der Waals surface area contributed by atoms with Crippen molar-refractivity contribution in [3.8, 4) is 0 Å². The maximum Gasteiger partial charge on any atom is 0.337 e. The molecule has 1 aliphatic heterocycles. The number of carbonyl (C=O) groups is 2. The summed E-state index contributed by atoms with van der Waals surface area (Å²) in [6.45, 7) is 6.51.